The van der Waals surface area contributed by atoms with Gasteiger partial charge >= 0.3 is 0 Å². The highest BCUT2D eigenvalue weighted by Gasteiger charge is 2.13. The fourth-order valence-corrected chi connectivity index (χ4v) is 2.15. The Morgan fingerprint density at radius 1 is 1.44 bits per heavy atom. The van der Waals surface area contributed by atoms with Gasteiger partial charge in [0.15, 0.2) is 0 Å². The summed E-state index contributed by atoms with van der Waals surface area (Å²) < 4.78 is 16.3. The van der Waals surface area contributed by atoms with Gasteiger partial charge in [-0.25, -0.2) is 4.39 Å². The zero-order chi connectivity index (χ0) is 13.3. The molecule has 0 unspecified atom stereocenters. The lowest BCUT2D eigenvalue weighted by molar-refractivity contribution is 0.484. The largest absolute Gasteiger partial charge is 0.396 e. The third-order valence-corrected chi connectivity index (χ3v) is 3.02. The summed E-state index contributed by atoms with van der Waals surface area (Å²) in [5.74, 6) is 0.143. The molecule has 0 bridgehead atoms. The van der Waals surface area contributed by atoms with Crippen LogP contribution < -0.4 is 5.73 Å². The van der Waals surface area contributed by atoms with Gasteiger partial charge in [-0.2, -0.15) is 5.10 Å². The lowest BCUT2D eigenvalue weighted by Crippen LogP contribution is -2.04. The second-order valence-corrected chi connectivity index (χ2v) is 5.59. The van der Waals surface area contributed by atoms with Crippen LogP contribution >= 0.6 is 15.9 Å². The minimum Gasteiger partial charge on any atom is -0.396 e. The topological polar surface area (TPSA) is 43.8 Å². The number of anilines is 1. The van der Waals surface area contributed by atoms with Crippen LogP contribution in [0.25, 0.3) is 11.3 Å². The van der Waals surface area contributed by atoms with E-state index in [1.807, 2.05) is 0 Å². The molecule has 3 nitrogen and oxygen atoms in total. The summed E-state index contributed by atoms with van der Waals surface area (Å²) in [7, 11) is 0. The monoisotopic (exact) mass is 311 g/mol. The van der Waals surface area contributed by atoms with E-state index in [9.17, 15) is 4.39 Å². The fourth-order valence-electron chi connectivity index (χ4n) is 1.79. The first-order valence-corrected chi connectivity index (χ1v) is 6.55. The van der Waals surface area contributed by atoms with E-state index >= 15 is 0 Å². The van der Waals surface area contributed by atoms with Crippen LogP contribution in [0.2, 0.25) is 0 Å². The van der Waals surface area contributed by atoms with Gasteiger partial charge in [-0.05, 0) is 24.1 Å². The molecule has 1 aromatic carbocycles. The number of hydrogen-bond donors (Lipinski definition) is 1. The molecule has 18 heavy (non-hydrogen) atoms. The average Bonchev–Trinajstić information content (AvgIpc) is 2.62. The van der Waals surface area contributed by atoms with Crippen molar-refractivity contribution in [3.8, 4) is 11.3 Å². The third-order valence-electron chi connectivity index (χ3n) is 2.53. The van der Waals surface area contributed by atoms with E-state index in [2.05, 4.69) is 34.9 Å². The first-order valence-electron chi connectivity index (χ1n) is 5.75. The van der Waals surface area contributed by atoms with Crippen molar-refractivity contribution in [2.24, 2.45) is 5.92 Å². The molecule has 1 aromatic heterocycles. The van der Waals surface area contributed by atoms with Crippen molar-refractivity contribution in [2.75, 3.05) is 5.73 Å². The number of nitrogens with zero attached hydrogens (tertiary/aromatic N) is 2. The van der Waals surface area contributed by atoms with Crippen LogP contribution in [-0.4, -0.2) is 9.78 Å². The average molecular weight is 312 g/mol. The maximum Gasteiger partial charge on any atom is 0.132 e. The van der Waals surface area contributed by atoms with Crippen molar-refractivity contribution in [1.82, 2.24) is 9.78 Å². The number of nitrogen functional groups attached to an aromatic ring is 1. The summed E-state index contributed by atoms with van der Waals surface area (Å²) in [5, 5.41) is 4.35. The Morgan fingerprint density at radius 2 is 2.17 bits per heavy atom. The Balaban J connectivity index is 2.44. The first kappa shape index (κ1) is 13.1. The van der Waals surface area contributed by atoms with Crippen molar-refractivity contribution in [2.45, 2.75) is 20.4 Å². The molecule has 0 aliphatic heterocycles. The van der Waals surface area contributed by atoms with Crippen molar-refractivity contribution in [3.63, 3.8) is 0 Å². The van der Waals surface area contributed by atoms with Crippen LogP contribution in [0, 0.1) is 11.7 Å². The first-order chi connectivity index (χ1) is 8.47. The molecule has 0 amide bonds. The molecule has 0 radical (unpaired) electrons. The molecule has 0 saturated heterocycles. The SMILES string of the molecule is CC(C)Cn1cc(N)c(-c2cc(Br)ccc2F)n1. The predicted octanol–water partition coefficient (Wildman–Crippen LogP) is 3.69. The summed E-state index contributed by atoms with van der Waals surface area (Å²) in [4.78, 5) is 0. The lowest BCUT2D eigenvalue weighted by atomic mass is 10.1. The van der Waals surface area contributed by atoms with Crippen molar-refractivity contribution in [3.05, 3.63) is 34.7 Å². The number of hydrogen-bond acceptors (Lipinski definition) is 2. The van der Waals surface area contributed by atoms with Gasteiger partial charge in [0.2, 0.25) is 0 Å². The lowest BCUT2D eigenvalue weighted by Gasteiger charge is -2.04. The van der Waals surface area contributed by atoms with E-state index in [0.717, 1.165) is 11.0 Å². The summed E-state index contributed by atoms with van der Waals surface area (Å²) in [6.07, 6.45) is 1.75. The third kappa shape index (κ3) is 2.72. The molecule has 2 N–H and O–H groups in total. The maximum absolute atomic E-state index is 13.8. The fraction of sp³-hybridized carbons (Fsp3) is 0.308. The van der Waals surface area contributed by atoms with E-state index in [1.165, 1.54) is 6.07 Å². The molecule has 2 aromatic rings. The van der Waals surface area contributed by atoms with E-state index in [1.54, 1.807) is 23.0 Å². The van der Waals surface area contributed by atoms with Gasteiger partial charge in [0.1, 0.15) is 11.5 Å². The normalized spacial score (nSPS) is 11.2. The molecular weight excluding hydrogens is 297 g/mol. The van der Waals surface area contributed by atoms with Gasteiger partial charge in [-0.1, -0.05) is 29.8 Å². The zero-order valence-corrected chi connectivity index (χ0v) is 11.9. The van der Waals surface area contributed by atoms with Gasteiger partial charge in [0, 0.05) is 22.8 Å². The Labute approximate surface area is 114 Å². The van der Waals surface area contributed by atoms with Crippen LogP contribution in [-0.2, 0) is 6.54 Å². The quantitative estimate of drug-likeness (QED) is 0.939. The predicted molar refractivity (Wildman–Crippen MR) is 74.6 cm³/mol. The van der Waals surface area contributed by atoms with Crippen LogP contribution in [0.4, 0.5) is 10.1 Å². The molecule has 5 heteroatoms. The molecule has 0 fully saturated rings. The number of nitrogens with two attached hydrogens (primary N) is 1. The Morgan fingerprint density at radius 3 is 2.83 bits per heavy atom. The van der Waals surface area contributed by atoms with Crippen molar-refractivity contribution < 1.29 is 4.39 Å². The standard InChI is InChI=1S/C13H15BrFN3/c1-8(2)6-18-7-12(16)13(17-18)10-5-9(14)3-4-11(10)15/h3-5,7-8H,6,16H2,1-2H3. The number of aromatic nitrogens is 2. The summed E-state index contributed by atoms with van der Waals surface area (Å²) in [5.41, 5.74) is 7.31. The van der Waals surface area contributed by atoms with Crippen LogP contribution in [0.3, 0.4) is 0 Å². The summed E-state index contributed by atoms with van der Waals surface area (Å²) in [6, 6.07) is 4.74. The van der Waals surface area contributed by atoms with E-state index < -0.39 is 0 Å². The molecule has 1 heterocycles. The van der Waals surface area contributed by atoms with Crippen LogP contribution in [0.5, 0.6) is 0 Å². The second kappa shape index (κ2) is 5.10. The Bertz CT molecular complexity index is 563. The highest BCUT2D eigenvalue weighted by Crippen LogP contribution is 2.29. The van der Waals surface area contributed by atoms with Gasteiger partial charge in [0.05, 0.1) is 5.69 Å². The van der Waals surface area contributed by atoms with Crippen LogP contribution in [0.15, 0.2) is 28.9 Å². The number of benzene rings is 1. The molecule has 96 valence electrons. The van der Waals surface area contributed by atoms with Gasteiger partial charge in [0.25, 0.3) is 0 Å². The Hall–Kier alpha value is -1.36. The number of rotatable bonds is 3. The van der Waals surface area contributed by atoms with E-state index in [0.29, 0.717) is 22.9 Å². The molecule has 0 atom stereocenters. The second-order valence-electron chi connectivity index (χ2n) is 4.67. The molecule has 0 aliphatic carbocycles. The van der Waals surface area contributed by atoms with Gasteiger partial charge in [-0.15, -0.1) is 0 Å². The van der Waals surface area contributed by atoms with E-state index in [4.69, 9.17) is 5.73 Å². The molecule has 2 rings (SSSR count). The highest BCUT2D eigenvalue weighted by molar-refractivity contribution is 9.10. The van der Waals surface area contributed by atoms with Crippen LogP contribution in [0.1, 0.15) is 13.8 Å². The molecule has 0 spiro atoms. The highest BCUT2D eigenvalue weighted by atomic mass is 79.9. The molecule has 0 saturated carbocycles. The Kier molecular flexibility index (Phi) is 3.71. The van der Waals surface area contributed by atoms with Crippen molar-refractivity contribution >= 4 is 21.6 Å². The zero-order valence-electron chi connectivity index (χ0n) is 10.3. The van der Waals surface area contributed by atoms with Gasteiger partial charge in [-0.3, -0.25) is 4.68 Å². The minimum atomic E-state index is -0.320. The summed E-state index contributed by atoms with van der Waals surface area (Å²) >= 11 is 3.32. The smallest absolute Gasteiger partial charge is 0.132 e. The molecule has 0 aliphatic rings. The number of halogens is 2. The molecular formula is C13H15BrFN3. The maximum atomic E-state index is 13.8. The van der Waals surface area contributed by atoms with Crippen molar-refractivity contribution in [1.29, 1.82) is 0 Å². The minimum absolute atomic E-state index is 0.320. The summed E-state index contributed by atoms with van der Waals surface area (Å²) in [6.45, 7) is 4.95. The van der Waals surface area contributed by atoms with E-state index in [-0.39, 0.29) is 5.82 Å². The van der Waals surface area contributed by atoms with Gasteiger partial charge < -0.3 is 5.73 Å².